The van der Waals surface area contributed by atoms with E-state index in [4.69, 9.17) is 0 Å². The summed E-state index contributed by atoms with van der Waals surface area (Å²) in [5.41, 5.74) is -0.0812. The molecule has 0 heterocycles. The molecule has 3 heteroatoms. The van der Waals surface area contributed by atoms with Crippen LogP contribution >= 0.6 is 0 Å². The number of hydrogen-bond donors (Lipinski definition) is 1. The lowest BCUT2D eigenvalue weighted by atomic mass is 9.91. The largest absolute Gasteiger partial charge is 0.379 e. The van der Waals surface area contributed by atoms with Crippen LogP contribution in [0.3, 0.4) is 0 Å². The van der Waals surface area contributed by atoms with Crippen LogP contribution in [-0.2, 0) is 5.60 Å². The van der Waals surface area contributed by atoms with E-state index >= 15 is 0 Å². The molecule has 1 unspecified atom stereocenters. The van der Waals surface area contributed by atoms with Crippen LogP contribution in [0.1, 0.15) is 23.6 Å². The molecule has 14 heavy (non-hydrogen) atoms. The molecule has 1 nitrogen and oxygen atoms in total. The topological polar surface area (TPSA) is 20.2 Å². The summed E-state index contributed by atoms with van der Waals surface area (Å²) in [6.45, 7) is 4.74. The molecule has 1 aromatic carbocycles. The summed E-state index contributed by atoms with van der Waals surface area (Å²) < 4.78 is 25.1. The van der Waals surface area contributed by atoms with E-state index in [1.807, 2.05) is 6.92 Å². The normalized spacial score (nSPS) is 15.6. The highest BCUT2D eigenvalue weighted by Crippen LogP contribution is 2.30. The van der Waals surface area contributed by atoms with Gasteiger partial charge >= 0.3 is 0 Å². The fourth-order valence-electron chi connectivity index (χ4n) is 1.50. The lowest BCUT2D eigenvalue weighted by molar-refractivity contribution is -0.0887. The molecule has 0 spiro atoms. The highest BCUT2D eigenvalue weighted by molar-refractivity contribution is 5.34. The van der Waals surface area contributed by atoms with E-state index in [-0.39, 0.29) is 5.56 Å². The molecule has 0 aliphatic heterocycles. The van der Waals surface area contributed by atoms with E-state index in [2.05, 4.69) is 0 Å². The van der Waals surface area contributed by atoms with E-state index in [1.54, 1.807) is 25.1 Å². The molecule has 0 fully saturated rings. The molecule has 1 rings (SSSR count). The van der Waals surface area contributed by atoms with Crippen LogP contribution in [0, 0.1) is 13.8 Å². The monoisotopic (exact) mass is 200 g/mol. The van der Waals surface area contributed by atoms with Crippen LogP contribution in [0.5, 0.6) is 0 Å². The first-order valence-corrected chi connectivity index (χ1v) is 4.44. The highest BCUT2D eigenvalue weighted by Gasteiger charge is 2.35. The van der Waals surface area contributed by atoms with Gasteiger partial charge in [0.05, 0.1) is 0 Å². The zero-order chi connectivity index (χ0) is 10.9. The number of halogens is 2. The van der Waals surface area contributed by atoms with Gasteiger partial charge in [0.1, 0.15) is 5.60 Å². The highest BCUT2D eigenvalue weighted by atomic mass is 19.3. The standard InChI is InChI=1S/C11H14F2O/c1-7-4-5-9(8(2)6-7)11(3,14)10(12)13/h4-6,10,14H,1-3H3. The van der Waals surface area contributed by atoms with Crippen molar-refractivity contribution in [2.24, 2.45) is 0 Å². The van der Waals surface area contributed by atoms with E-state index in [1.165, 1.54) is 0 Å². The van der Waals surface area contributed by atoms with Crippen molar-refractivity contribution in [3.05, 3.63) is 34.9 Å². The van der Waals surface area contributed by atoms with Crippen molar-refractivity contribution in [1.29, 1.82) is 0 Å². The molecular formula is C11H14F2O. The van der Waals surface area contributed by atoms with Crippen LogP contribution < -0.4 is 0 Å². The van der Waals surface area contributed by atoms with Gasteiger partial charge in [-0.25, -0.2) is 8.78 Å². The van der Waals surface area contributed by atoms with Gasteiger partial charge in [0.2, 0.25) is 0 Å². The molecule has 0 bridgehead atoms. The van der Waals surface area contributed by atoms with Crippen molar-refractivity contribution < 1.29 is 13.9 Å². The third-order valence-electron chi connectivity index (χ3n) is 2.35. The summed E-state index contributed by atoms with van der Waals surface area (Å²) in [6, 6.07) is 5.06. The third kappa shape index (κ3) is 1.93. The first kappa shape index (κ1) is 11.1. The summed E-state index contributed by atoms with van der Waals surface area (Å²) in [6.07, 6.45) is -2.77. The molecule has 0 aliphatic carbocycles. The number of benzene rings is 1. The van der Waals surface area contributed by atoms with E-state index in [0.29, 0.717) is 5.56 Å². The van der Waals surface area contributed by atoms with E-state index in [9.17, 15) is 13.9 Å². The lowest BCUT2D eigenvalue weighted by Crippen LogP contribution is -2.31. The van der Waals surface area contributed by atoms with Gasteiger partial charge in [-0.3, -0.25) is 0 Å². The summed E-state index contributed by atoms with van der Waals surface area (Å²) >= 11 is 0. The second-order valence-electron chi connectivity index (χ2n) is 3.77. The average Bonchev–Trinajstić information content (AvgIpc) is 2.02. The van der Waals surface area contributed by atoms with Crippen LogP contribution in [0.4, 0.5) is 8.78 Å². The summed E-state index contributed by atoms with van der Waals surface area (Å²) in [5.74, 6) is 0. The Morgan fingerprint density at radius 2 is 1.86 bits per heavy atom. The second kappa shape index (κ2) is 3.65. The fourth-order valence-corrected chi connectivity index (χ4v) is 1.50. The summed E-state index contributed by atoms with van der Waals surface area (Å²) in [4.78, 5) is 0. The van der Waals surface area contributed by atoms with Gasteiger partial charge in [-0.1, -0.05) is 23.8 Å². The van der Waals surface area contributed by atoms with E-state index in [0.717, 1.165) is 12.5 Å². The van der Waals surface area contributed by atoms with Gasteiger partial charge in [0, 0.05) is 0 Å². The molecule has 1 N–H and O–H groups in total. The molecule has 0 saturated carbocycles. The summed E-state index contributed by atoms with van der Waals surface area (Å²) in [5, 5.41) is 9.58. The van der Waals surface area contributed by atoms with Gasteiger partial charge < -0.3 is 5.11 Å². The van der Waals surface area contributed by atoms with Crippen LogP contribution in [0.2, 0.25) is 0 Å². The molecule has 1 atom stereocenters. The molecular weight excluding hydrogens is 186 g/mol. The molecule has 1 aromatic rings. The smallest absolute Gasteiger partial charge is 0.270 e. The predicted molar refractivity (Wildman–Crippen MR) is 51.5 cm³/mol. The van der Waals surface area contributed by atoms with Gasteiger partial charge in [0.15, 0.2) is 0 Å². The maximum atomic E-state index is 12.5. The Kier molecular flexibility index (Phi) is 2.90. The Balaban J connectivity index is 3.19. The maximum Gasteiger partial charge on any atom is 0.270 e. The molecule has 0 aliphatic rings. The quantitative estimate of drug-likeness (QED) is 0.778. The first-order valence-electron chi connectivity index (χ1n) is 4.44. The van der Waals surface area contributed by atoms with Crippen molar-refractivity contribution in [3.63, 3.8) is 0 Å². The van der Waals surface area contributed by atoms with Crippen molar-refractivity contribution in [2.75, 3.05) is 0 Å². The fraction of sp³-hybridized carbons (Fsp3) is 0.455. The third-order valence-corrected chi connectivity index (χ3v) is 2.35. The van der Waals surface area contributed by atoms with Crippen LogP contribution in [-0.4, -0.2) is 11.5 Å². The number of hydrogen-bond acceptors (Lipinski definition) is 1. The molecule has 0 amide bonds. The SMILES string of the molecule is Cc1ccc(C(C)(O)C(F)F)c(C)c1. The first-order chi connectivity index (χ1) is 6.35. The number of rotatable bonds is 2. The minimum absolute atomic E-state index is 0.290. The Hall–Kier alpha value is -0.960. The van der Waals surface area contributed by atoms with Gasteiger partial charge in [-0.2, -0.15) is 0 Å². The molecule has 78 valence electrons. The van der Waals surface area contributed by atoms with Crippen LogP contribution in [0.25, 0.3) is 0 Å². The van der Waals surface area contributed by atoms with Crippen molar-refractivity contribution in [1.82, 2.24) is 0 Å². The van der Waals surface area contributed by atoms with Crippen molar-refractivity contribution >= 4 is 0 Å². The number of alkyl halides is 2. The Bertz CT molecular complexity index is 332. The Labute approximate surface area is 82.4 Å². The van der Waals surface area contributed by atoms with E-state index < -0.39 is 12.0 Å². The molecule has 0 aromatic heterocycles. The molecule has 0 radical (unpaired) electrons. The minimum atomic E-state index is -2.77. The number of aryl methyl sites for hydroxylation is 2. The average molecular weight is 200 g/mol. The Morgan fingerprint density at radius 3 is 2.29 bits per heavy atom. The Morgan fingerprint density at radius 1 is 1.29 bits per heavy atom. The van der Waals surface area contributed by atoms with Gasteiger partial charge in [0.25, 0.3) is 6.43 Å². The van der Waals surface area contributed by atoms with Crippen molar-refractivity contribution in [2.45, 2.75) is 32.8 Å². The zero-order valence-electron chi connectivity index (χ0n) is 8.51. The second-order valence-corrected chi connectivity index (χ2v) is 3.77. The molecule has 0 saturated heterocycles. The predicted octanol–water partition coefficient (Wildman–Crippen LogP) is 2.78. The minimum Gasteiger partial charge on any atom is -0.379 e. The van der Waals surface area contributed by atoms with Crippen molar-refractivity contribution in [3.8, 4) is 0 Å². The lowest BCUT2D eigenvalue weighted by Gasteiger charge is -2.24. The van der Waals surface area contributed by atoms with Crippen LogP contribution in [0.15, 0.2) is 18.2 Å². The maximum absolute atomic E-state index is 12.5. The van der Waals surface area contributed by atoms with Gasteiger partial charge in [-0.15, -0.1) is 0 Å². The van der Waals surface area contributed by atoms with Gasteiger partial charge in [-0.05, 0) is 31.9 Å². The number of aliphatic hydroxyl groups is 1. The summed E-state index contributed by atoms with van der Waals surface area (Å²) in [7, 11) is 0. The zero-order valence-corrected chi connectivity index (χ0v) is 8.51.